The summed E-state index contributed by atoms with van der Waals surface area (Å²) in [5.41, 5.74) is 3.52. The summed E-state index contributed by atoms with van der Waals surface area (Å²) in [6.45, 7) is 4.32. The van der Waals surface area contributed by atoms with E-state index in [2.05, 4.69) is 33.2 Å². The molecular formula is C21H25N5. The van der Waals surface area contributed by atoms with Gasteiger partial charge in [0.25, 0.3) is 0 Å². The van der Waals surface area contributed by atoms with Crippen LogP contribution >= 0.6 is 0 Å². The van der Waals surface area contributed by atoms with Crippen LogP contribution in [-0.4, -0.2) is 44.3 Å². The first-order valence-corrected chi connectivity index (χ1v) is 9.81. The fraction of sp³-hybridized carbons (Fsp3) is 0.476. The maximum atomic E-state index is 4.89. The van der Waals surface area contributed by atoms with Crippen molar-refractivity contribution >= 4 is 11.0 Å². The normalized spacial score (nSPS) is 19.2. The third-order valence-electron chi connectivity index (χ3n) is 5.84. The molecule has 1 aliphatic heterocycles. The van der Waals surface area contributed by atoms with E-state index in [0.717, 1.165) is 37.7 Å². The molecule has 0 aromatic carbocycles. The number of hydrogen-bond donors (Lipinski definition) is 0. The topological polar surface area (TPSA) is 46.8 Å². The van der Waals surface area contributed by atoms with E-state index < -0.39 is 0 Å². The van der Waals surface area contributed by atoms with Crippen LogP contribution in [0.4, 0.5) is 0 Å². The molecule has 134 valence electrons. The first-order chi connectivity index (χ1) is 12.8. The van der Waals surface area contributed by atoms with E-state index in [1.54, 1.807) is 0 Å². The van der Waals surface area contributed by atoms with Crippen molar-refractivity contribution in [2.45, 2.75) is 44.1 Å². The molecule has 3 aromatic rings. The molecule has 26 heavy (non-hydrogen) atoms. The highest BCUT2D eigenvalue weighted by Crippen LogP contribution is 2.40. The quantitative estimate of drug-likeness (QED) is 0.708. The molecule has 0 unspecified atom stereocenters. The first-order valence-electron chi connectivity index (χ1n) is 9.81. The van der Waals surface area contributed by atoms with Crippen molar-refractivity contribution in [1.29, 1.82) is 0 Å². The lowest BCUT2D eigenvalue weighted by Crippen LogP contribution is -2.35. The van der Waals surface area contributed by atoms with Crippen LogP contribution in [0.25, 0.3) is 11.0 Å². The molecule has 2 fully saturated rings. The smallest absolute Gasteiger partial charge is 0.159 e. The predicted molar refractivity (Wildman–Crippen MR) is 102 cm³/mol. The zero-order valence-corrected chi connectivity index (χ0v) is 15.1. The summed E-state index contributed by atoms with van der Waals surface area (Å²) in [4.78, 5) is 12.1. The highest BCUT2D eigenvalue weighted by atomic mass is 15.3. The van der Waals surface area contributed by atoms with Crippen molar-refractivity contribution in [2.24, 2.45) is 0 Å². The van der Waals surface area contributed by atoms with E-state index >= 15 is 0 Å². The molecule has 1 saturated heterocycles. The molecule has 0 atom stereocenters. The molecule has 0 bridgehead atoms. The van der Waals surface area contributed by atoms with Crippen LogP contribution in [0.5, 0.6) is 0 Å². The number of likely N-dealkylation sites (tertiary alicyclic amines) is 1. The van der Waals surface area contributed by atoms with E-state index in [0.29, 0.717) is 5.92 Å². The SMILES string of the molecule is c1cnn(CCN2CCC(c3ccc4cc(C5CC5)cnc4n3)CC2)c1. The Morgan fingerprint density at radius 2 is 1.88 bits per heavy atom. The maximum Gasteiger partial charge on any atom is 0.159 e. The number of nitrogens with zero attached hydrogens (tertiary/aromatic N) is 5. The van der Waals surface area contributed by atoms with Gasteiger partial charge in [-0.15, -0.1) is 0 Å². The summed E-state index contributed by atoms with van der Waals surface area (Å²) in [6.07, 6.45) is 10.9. The monoisotopic (exact) mass is 347 g/mol. The van der Waals surface area contributed by atoms with Gasteiger partial charge in [-0.25, -0.2) is 9.97 Å². The Bertz CT molecular complexity index is 877. The first kappa shape index (κ1) is 15.9. The maximum absolute atomic E-state index is 4.89. The molecule has 5 heteroatoms. The van der Waals surface area contributed by atoms with E-state index in [-0.39, 0.29) is 0 Å². The highest BCUT2D eigenvalue weighted by Gasteiger charge is 2.25. The minimum absolute atomic E-state index is 0.560. The van der Waals surface area contributed by atoms with E-state index in [4.69, 9.17) is 4.98 Å². The Balaban J connectivity index is 1.22. The van der Waals surface area contributed by atoms with Crippen LogP contribution in [0, 0.1) is 0 Å². The molecule has 0 N–H and O–H groups in total. The average molecular weight is 347 g/mol. The van der Waals surface area contributed by atoms with Crippen molar-refractivity contribution < 1.29 is 0 Å². The minimum atomic E-state index is 0.560. The van der Waals surface area contributed by atoms with Gasteiger partial charge in [0.05, 0.1) is 6.54 Å². The van der Waals surface area contributed by atoms with Crippen molar-refractivity contribution in [3.05, 3.63) is 54.1 Å². The summed E-state index contributed by atoms with van der Waals surface area (Å²) in [6, 6.07) is 8.72. The third kappa shape index (κ3) is 3.36. The molecule has 1 aliphatic carbocycles. The predicted octanol–water partition coefficient (Wildman–Crippen LogP) is 3.58. The molecule has 1 saturated carbocycles. The van der Waals surface area contributed by atoms with Gasteiger partial charge < -0.3 is 4.90 Å². The fourth-order valence-corrected chi connectivity index (χ4v) is 4.04. The van der Waals surface area contributed by atoms with E-state index in [1.165, 1.54) is 42.3 Å². The Kier molecular flexibility index (Phi) is 4.17. The number of rotatable bonds is 5. The Morgan fingerprint density at radius 1 is 1.00 bits per heavy atom. The number of aromatic nitrogens is 4. The lowest BCUT2D eigenvalue weighted by atomic mass is 9.93. The van der Waals surface area contributed by atoms with Gasteiger partial charge in [-0.05, 0) is 74.5 Å². The molecule has 2 aliphatic rings. The molecular weight excluding hydrogens is 322 g/mol. The molecule has 4 heterocycles. The van der Waals surface area contributed by atoms with Crippen LogP contribution in [-0.2, 0) is 6.54 Å². The average Bonchev–Trinajstić information content (AvgIpc) is 3.42. The van der Waals surface area contributed by atoms with Crippen molar-refractivity contribution in [3.63, 3.8) is 0 Å². The van der Waals surface area contributed by atoms with Crippen LogP contribution < -0.4 is 0 Å². The van der Waals surface area contributed by atoms with Crippen LogP contribution in [0.15, 0.2) is 42.9 Å². The molecule has 0 spiro atoms. The summed E-state index contributed by atoms with van der Waals surface area (Å²) in [5, 5.41) is 5.48. The second-order valence-corrected chi connectivity index (χ2v) is 7.71. The van der Waals surface area contributed by atoms with Crippen molar-refractivity contribution in [2.75, 3.05) is 19.6 Å². The second kappa shape index (κ2) is 6.80. The largest absolute Gasteiger partial charge is 0.301 e. The number of pyridine rings is 2. The lowest BCUT2D eigenvalue weighted by Gasteiger charge is -2.31. The lowest BCUT2D eigenvalue weighted by molar-refractivity contribution is 0.201. The van der Waals surface area contributed by atoms with E-state index in [1.807, 2.05) is 29.3 Å². The van der Waals surface area contributed by atoms with Gasteiger partial charge in [0.15, 0.2) is 5.65 Å². The van der Waals surface area contributed by atoms with Crippen molar-refractivity contribution in [1.82, 2.24) is 24.6 Å². The molecule has 3 aromatic heterocycles. The number of hydrogen-bond acceptors (Lipinski definition) is 4. The zero-order valence-electron chi connectivity index (χ0n) is 15.1. The summed E-state index contributed by atoms with van der Waals surface area (Å²) in [7, 11) is 0. The van der Waals surface area contributed by atoms with Crippen LogP contribution in [0.2, 0.25) is 0 Å². The van der Waals surface area contributed by atoms with Gasteiger partial charge in [0.2, 0.25) is 0 Å². The van der Waals surface area contributed by atoms with Crippen molar-refractivity contribution in [3.8, 4) is 0 Å². The van der Waals surface area contributed by atoms with Gasteiger partial charge in [-0.2, -0.15) is 5.10 Å². The minimum Gasteiger partial charge on any atom is -0.301 e. The molecule has 5 rings (SSSR count). The highest BCUT2D eigenvalue weighted by molar-refractivity contribution is 5.75. The summed E-state index contributed by atoms with van der Waals surface area (Å²) < 4.78 is 2.01. The van der Waals surface area contributed by atoms with Gasteiger partial charge in [0.1, 0.15) is 0 Å². The Morgan fingerprint density at radius 3 is 2.65 bits per heavy atom. The van der Waals surface area contributed by atoms with Gasteiger partial charge in [0, 0.05) is 42.1 Å². The van der Waals surface area contributed by atoms with Crippen LogP contribution in [0.1, 0.15) is 48.8 Å². The number of fused-ring (bicyclic) bond motifs is 1. The molecule has 5 nitrogen and oxygen atoms in total. The zero-order chi connectivity index (χ0) is 17.3. The molecule has 0 amide bonds. The van der Waals surface area contributed by atoms with Gasteiger partial charge >= 0.3 is 0 Å². The summed E-state index contributed by atoms with van der Waals surface area (Å²) >= 11 is 0. The standard InChI is InChI=1S/C21H25N5/c1-8-23-26(9-1)13-12-25-10-6-17(7-11-25)20-5-4-18-14-19(16-2-3-16)15-22-21(18)24-20/h1,4-5,8-9,14-17H,2-3,6-7,10-13H2. The Hall–Kier alpha value is -2.27. The summed E-state index contributed by atoms with van der Waals surface area (Å²) in [5.74, 6) is 1.31. The number of piperidine rings is 1. The van der Waals surface area contributed by atoms with Gasteiger partial charge in [-0.3, -0.25) is 4.68 Å². The second-order valence-electron chi connectivity index (χ2n) is 7.71. The Labute approximate surface area is 154 Å². The third-order valence-corrected chi connectivity index (χ3v) is 5.84. The van der Waals surface area contributed by atoms with Gasteiger partial charge in [-0.1, -0.05) is 0 Å². The fourth-order valence-electron chi connectivity index (χ4n) is 4.04. The van der Waals surface area contributed by atoms with E-state index in [9.17, 15) is 0 Å². The van der Waals surface area contributed by atoms with Crippen LogP contribution in [0.3, 0.4) is 0 Å². The molecule has 0 radical (unpaired) electrons.